The van der Waals surface area contributed by atoms with E-state index in [-0.39, 0.29) is 12.3 Å². The average Bonchev–Trinajstić information content (AvgIpc) is 2.38. The van der Waals surface area contributed by atoms with Gasteiger partial charge in [0.1, 0.15) is 0 Å². The van der Waals surface area contributed by atoms with Crippen LogP contribution in [0.15, 0.2) is 18.2 Å². The number of unbranched alkanes of at least 4 members (excludes halogenated alkanes) is 2. The van der Waals surface area contributed by atoms with Crippen LogP contribution in [0.25, 0.3) is 0 Å². The Bertz CT molecular complexity index is 504. The van der Waals surface area contributed by atoms with Crippen LogP contribution in [-0.4, -0.2) is 28.6 Å². The maximum absolute atomic E-state index is 11.6. The van der Waals surface area contributed by atoms with E-state index in [0.29, 0.717) is 30.2 Å². The quantitative estimate of drug-likeness (QED) is 0.590. The number of aliphatic carboxylic acids is 1. The van der Waals surface area contributed by atoms with E-state index in [1.165, 1.54) is 12.0 Å². The van der Waals surface area contributed by atoms with Crippen LogP contribution in [0.5, 0.6) is 5.75 Å². The number of benzene rings is 1. The third kappa shape index (κ3) is 6.49. The Morgan fingerprint density at radius 2 is 2.00 bits per heavy atom. The summed E-state index contributed by atoms with van der Waals surface area (Å²) in [7, 11) is 0. The molecule has 6 heteroatoms. The summed E-state index contributed by atoms with van der Waals surface area (Å²) in [4.78, 5) is 27.5. The molecule has 0 fully saturated rings. The van der Waals surface area contributed by atoms with Crippen LogP contribution in [0.2, 0.25) is 5.02 Å². The number of carboxylic acid groups (broad SMARTS) is 1. The van der Waals surface area contributed by atoms with Crippen LogP contribution < -0.4 is 4.84 Å². The number of hydroxylamine groups is 2. The van der Waals surface area contributed by atoms with Crippen molar-refractivity contribution in [3.05, 3.63) is 28.8 Å². The Labute approximate surface area is 129 Å². The summed E-state index contributed by atoms with van der Waals surface area (Å²) in [5.41, 5.74) is 1.01. The average molecular weight is 314 g/mol. The van der Waals surface area contributed by atoms with Crippen molar-refractivity contribution in [1.29, 1.82) is 0 Å². The third-order valence-corrected chi connectivity index (χ3v) is 3.19. The second-order valence-corrected chi connectivity index (χ2v) is 5.26. The Morgan fingerprint density at radius 1 is 1.29 bits per heavy atom. The molecule has 0 aliphatic carbocycles. The molecular formula is C15H20ClNO4. The number of carboxylic acids is 1. The minimum absolute atomic E-state index is 0.144. The van der Waals surface area contributed by atoms with Crippen molar-refractivity contribution < 1.29 is 19.5 Å². The van der Waals surface area contributed by atoms with E-state index in [4.69, 9.17) is 21.5 Å². The number of carbonyl (C=O) groups excluding carboxylic acids is 1. The van der Waals surface area contributed by atoms with Crippen molar-refractivity contribution >= 4 is 23.5 Å². The molecule has 1 amide bonds. The summed E-state index contributed by atoms with van der Waals surface area (Å²) in [6.07, 6.45) is 2.13. The van der Waals surface area contributed by atoms with Crippen molar-refractivity contribution in [3.63, 3.8) is 0 Å². The van der Waals surface area contributed by atoms with Crippen LogP contribution in [0.1, 0.15) is 38.2 Å². The van der Waals surface area contributed by atoms with Crippen LogP contribution >= 0.6 is 11.6 Å². The van der Waals surface area contributed by atoms with E-state index in [2.05, 4.69) is 0 Å². The topological polar surface area (TPSA) is 66.8 Å². The molecule has 0 saturated heterocycles. The monoisotopic (exact) mass is 313 g/mol. The number of nitrogens with zero attached hydrogens (tertiary/aromatic N) is 1. The second kappa shape index (κ2) is 8.52. The first kappa shape index (κ1) is 17.3. The van der Waals surface area contributed by atoms with Gasteiger partial charge in [-0.2, -0.15) is 5.06 Å². The van der Waals surface area contributed by atoms with Crippen LogP contribution in [-0.2, 0) is 9.59 Å². The number of aryl methyl sites for hydroxylation is 1. The minimum Gasteiger partial charge on any atom is -0.481 e. The molecule has 0 heterocycles. The molecule has 0 spiro atoms. The summed E-state index contributed by atoms with van der Waals surface area (Å²) < 4.78 is 0. The van der Waals surface area contributed by atoms with Gasteiger partial charge < -0.3 is 9.94 Å². The van der Waals surface area contributed by atoms with Gasteiger partial charge in [-0.25, -0.2) is 0 Å². The van der Waals surface area contributed by atoms with Gasteiger partial charge in [0, 0.05) is 13.3 Å². The highest BCUT2D eigenvalue weighted by atomic mass is 35.5. The second-order valence-electron chi connectivity index (χ2n) is 4.85. The third-order valence-electron chi connectivity index (χ3n) is 2.90. The largest absolute Gasteiger partial charge is 0.481 e. The zero-order valence-corrected chi connectivity index (χ0v) is 13.0. The molecule has 1 aromatic rings. The standard InChI is InChI=1S/C15H20ClNO4/c1-11-7-8-14(13(16)10-11)21-17(12(2)18)9-5-3-4-6-15(19)20/h7-8,10H,3-6,9H2,1-2H3,(H,19,20). The summed E-state index contributed by atoms with van der Waals surface area (Å²) in [6, 6.07) is 5.34. The first-order valence-electron chi connectivity index (χ1n) is 6.84. The van der Waals surface area contributed by atoms with E-state index in [1.807, 2.05) is 13.0 Å². The van der Waals surface area contributed by atoms with Crippen molar-refractivity contribution in [3.8, 4) is 5.75 Å². The lowest BCUT2D eigenvalue weighted by atomic mass is 10.2. The van der Waals surface area contributed by atoms with E-state index in [1.54, 1.807) is 12.1 Å². The lowest BCUT2D eigenvalue weighted by Gasteiger charge is -2.21. The number of amides is 1. The highest BCUT2D eigenvalue weighted by molar-refractivity contribution is 6.32. The zero-order chi connectivity index (χ0) is 15.8. The SMILES string of the molecule is CC(=O)N(CCCCCC(=O)O)Oc1ccc(C)cc1Cl. The molecule has 21 heavy (non-hydrogen) atoms. The van der Waals surface area contributed by atoms with Gasteiger partial charge in [0.25, 0.3) is 5.91 Å². The fraction of sp³-hybridized carbons (Fsp3) is 0.467. The summed E-state index contributed by atoms with van der Waals surface area (Å²) >= 11 is 6.07. The summed E-state index contributed by atoms with van der Waals surface area (Å²) in [5.74, 6) is -0.589. The molecule has 0 atom stereocenters. The van der Waals surface area contributed by atoms with Gasteiger partial charge in [0.2, 0.25) is 0 Å². The Balaban J connectivity index is 2.50. The smallest absolute Gasteiger partial charge is 0.303 e. The Morgan fingerprint density at radius 3 is 2.57 bits per heavy atom. The molecule has 0 unspecified atom stereocenters. The number of carbonyl (C=O) groups is 2. The first-order chi connectivity index (χ1) is 9.90. The number of rotatable bonds is 8. The van der Waals surface area contributed by atoms with Gasteiger partial charge in [0.15, 0.2) is 5.75 Å². The normalized spacial score (nSPS) is 10.2. The molecule has 1 N–H and O–H groups in total. The predicted octanol–water partition coefficient (Wildman–Crippen LogP) is 3.44. The van der Waals surface area contributed by atoms with Gasteiger partial charge in [0.05, 0.1) is 11.6 Å². The van der Waals surface area contributed by atoms with Crippen LogP contribution in [0.3, 0.4) is 0 Å². The van der Waals surface area contributed by atoms with E-state index < -0.39 is 5.97 Å². The molecule has 0 aromatic heterocycles. The van der Waals surface area contributed by atoms with Crippen molar-refractivity contribution in [2.45, 2.75) is 39.5 Å². The number of hydrogen-bond acceptors (Lipinski definition) is 3. The maximum Gasteiger partial charge on any atom is 0.303 e. The summed E-state index contributed by atoms with van der Waals surface area (Å²) in [6.45, 7) is 3.74. The maximum atomic E-state index is 11.6. The van der Waals surface area contributed by atoms with Crippen LogP contribution in [0, 0.1) is 6.92 Å². The van der Waals surface area contributed by atoms with Crippen molar-refractivity contribution in [2.75, 3.05) is 6.54 Å². The van der Waals surface area contributed by atoms with Gasteiger partial charge >= 0.3 is 5.97 Å². The highest BCUT2D eigenvalue weighted by Gasteiger charge is 2.13. The molecule has 116 valence electrons. The minimum atomic E-state index is -0.805. The molecule has 0 bridgehead atoms. The lowest BCUT2D eigenvalue weighted by Crippen LogP contribution is -2.33. The van der Waals surface area contributed by atoms with Gasteiger partial charge in [-0.05, 0) is 37.5 Å². The van der Waals surface area contributed by atoms with E-state index in [0.717, 1.165) is 12.0 Å². The van der Waals surface area contributed by atoms with E-state index in [9.17, 15) is 9.59 Å². The molecule has 0 aliphatic heterocycles. The van der Waals surface area contributed by atoms with E-state index >= 15 is 0 Å². The fourth-order valence-corrected chi connectivity index (χ4v) is 2.04. The lowest BCUT2D eigenvalue weighted by molar-refractivity contribution is -0.155. The Kier molecular flexibility index (Phi) is 7.02. The van der Waals surface area contributed by atoms with Gasteiger partial charge in [-0.3, -0.25) is 9.59 Å². The van der Waals surface area contributed by atoms with Gasteiger partial charge in [-0.15, -0.1) is 0 Å². The predicted molar refractivity (Wildman–Crippen MR) is 80.3 cm³/mol. The Hall–Kier alpha value is -1.75. The molecule has 1 rings (SSSR count). The molecule has 1 aromatic carbocycles. The fourth-order valence-electron chi connectivity index (χ4n) is 1.77. The first-order valence-corrected chi connectivity index (χ1v) is 7.22. The van der Waals surface area contributed by atoms with Crippen molar-refractivity contribution in [2.24, 2.45) is 0 Å². The number of halogens is 1. The molecule has 5 nitrogen and oxygen atoms in total. The number of hydrogen-bond donors (Lipinski definition) is 1. The zero-order valence-electron chi connectivity index (χ0n) is 12.3. The molecule has 0 saturated carbocycles. The summed E-state index contributed by atoms with van der Waals surface area (Å²) in [5, 5.41) is 10.3. The molecule has 0 radical (unpaired) electrons. The molecular weight excluding hydrogens is 294 g/mol. The van der Waals surface area contributed by atoms with Crippen LogP contribution in [0.4, 0.5) is 0 Å². The van der Waals surface area contributed by atoms with Crippen molar-refractivity contribution in [1.82, 2.24) is 5.06 Å². The molecule has 0 aliphatic rings. The van der Waals surface area contributed by atoms with Gasteiger partial charge in [-0.1, -0.05) is 24.1 Å². The highest BCUT2D eigenvalue weighted by Crippen LogP contribution is 2.26.